The SMILES string of the molecule is c1ccc(-c2cccc(-c3ccccc3N(c3ccccc3-c3cc4ccccc4c4ccccc34)c3ccc(-c4ccccc4)c4oc5ccccc5c34)c2)cc1. The maximum absolute atomic E-state index is 6.87. The molecule has 2 nitrogen and oxygen atoms in total. The summed E-state index contributed by atoms with van der Waals surface area (Å²) in [5, 5.41) is 7.07. The van der Waals surface area contributed by atoms with Gasteiger partial charge in [-0.3, -0.25) is 0 Å². The van der Waals surface area contributed by atoms with E-state index in [9.17, 15) is 0 Å². The fourth-order valence-corrected chi connectivity index (χ4v) is 8.81. The van der Waals surface area contributed by atoms with Gasteiger partial charge in [0.2, 0.25) is 0 Å². The molecule has 10 aromatic carbocycles. The van der Waals surface area contributed by atoms with Crippen LogP contribution in [0.2, 0.25) is 0 Å². The Morgan fingerprint density at radius 3 is 1.66 bits per heavy atom. The van der Waals surface area contributed by atoms with E-state index in [2.05, 4.69) is 229 Å². The first-order valence-corrected chi connectivity index (χ1v) is 19.8. The molecule has 0 fully saturated rings. The molecule has 11 aromatic rings. The van der Waals surface area contributed by atoms with Crippen molar-refractivity contribution in [2.75, 3.05) is 4.90 Å². The van der Waals surface area contributed by atoms with E-state index in [4.69, 9.17) is 4.42 Å². The fraction of sp³-hybridized carbons (Fsp3) is 0. The summed E-state index contributed by atoms with van der Waals surface area (Å²) in [5.74, 6) is 0. The molecule has 2 heteroatoms. The number of para-hydroxylation sites is 3. The lowest BCUT2D eigenvalue weighted by atomic mass is 9.91. The minimum Gasteiger partial charge on any atom is -0.455 e. The third-order valence-corrected chi connectivity index (χ3v) is 11.5. The van der Waals surface area contributed by atoms with Gasteiger partial charge in [-0.15, -0.1) is 0 Å². The Kier molecular flexibility index (Phi) is 8.19. The van der Waals surface area contributed by atoms with Crippen LogP contribution in [0, 0.1) is 0 Å². The van der Waals surface area contributed by atoms with E-state index < -0.39 is 0 Å². The Morgan fingerprint density at radius 1 is 0.293 bits per heavy atom. The molecule has 1 aromatic heterocycles. The van der Waals surface area contributed by atoms with Crippen molar-refractivity contribution in [1.29, 1.82) is 0 Å². The van der Waals surface area contributed by atoms with Gasteiger partial charge in [0, 0.05) is 22.1 Å². The van der Waals surface area contributed by atoms with Gasteiger partial charge in [0.25, 0.3) is 0 Å². The topological polar surface area (TPSA) is 16.4 Å². The van der Waals surface area contributed by atoms with Gasteiger partial charge in [-0.1, -0.05) is 182 Å². The summed E-state index contributed by atoms with van der Waals surface area (Å²) in [4.78, 5) is 2.48. The van der Waals surface area contributed by atoms with Gasteiger partial charge in [0.15, 0.2) is 0 Å². The van der Waals surface area contributed by atoms with E-state index >= 15 is 0 Å². The summed E-state index contributed by atoms with van der Waals surface area (Å²) in [6.45, 7) is 0. The van der Waals surface area contributed by atoms with Crippen LogP contribution in [-0.4, -0.2) is 0 Å². The lowest BCUT2D eigenvalue weighted by molar-refractivity contribution is 0.670. The van der Waals surface area contributed by atoms with Gasteiger partial charge < -0.3 is 9.32 Å². The fourth-order valence-electron chi connectivity index (χ4n) is 8.81. The number of hydrogen-bond donors (Lipinski definition) is 0. The number of furan rings is 1. The molecule has 0 atom stereocenters. The molecule has 0 aliphatic heterocycles. The van der Waals surface area contributed by atoms with Crippen molar-refractivity contribution in [1.82, 2.24) is 0 Å². The second-order valence-electron chi connectivity index (χ2n) is 14.8. The van der Waals surface area contributed by atoms with Crippen molar-refractivity contribution in [2.45, 2.75) is 0 Å². The smallest absolute Gasteiger partial charge is 0.145 e. The number of benzene rings is 10. The van der Waals surface area contributed by atoms with Crippen molar-refractivity contribution in [3.05, 3.63) is 224 Å². The van der Waals surface area contributed by atoms with Crippen molar-refractivity contribution in [2.24, 2.45) is 0 Å². The van der Waals surface area contributed by atoms with Crippen LogP contribution in [0.5, 0.6) is 0 Å². The van der Waals surface area contributed by atoms with Crippen LogP contribution in [0.1, 0.15) is 0 Å². The average Bonchev–Trinajstić information content (AvgIpc) is 3.70. The summed E-state index contributed by atoms with van der Waals surface area (Å²) in [5.41, 5.74) is 14.1. The maximum atomic E-state index is 6.87. The highest BCUT2D eigenvalue weighted by Crippen LogP contribution is 2.51. The maximum Gasteiger partial charge on any atom is 0.145 e. The highest BCUT2D eigenvalue weighted by Gasteiger charge is 2.26. The van der Waals surface area contributed by atoms with E-state index in [1.54, 1.807) is 0 Å². The van der Waals surface area contributed by atoms with Gasteiger partial charge in [-0.05, 0) is 91.8 Å². The molecule has 0 spiro atoms. The minimum absolute atomic E-state index is 0.861. The van der Waals surface area contributed by atoms with E-state index in [-0.39, 0.29) is 0 Å². The summed E-state index contributed by atoms with van der Waals surface area (Å²) < 4.78 is 6.87. The second kappa shape index (κ2) is 14.1. The first-order chi connectivity index (χ1) is 28.8. The molecular weight excluding hydrogens is 703 g/mol. The molecule has 0 saturated heterocycles. The monoisotopic (exact) mass is 739 g/mol. The molecule has 58 heavy (non-hydrogen) atoms. The van der Waals surface area contributed by atoms with Gasteiger partial charge >= 0.3 is 0 Å². The zero-order valence-corrected chi connectivity index (χ0v) is 31.7. The minimum atomic E-state index is 0.861. The normalized spacial score (nSPS) is 11.4. The van der Waals surface area contributed by atoms with Crippen LogP contribution < -0.4 is 4.90 Å². The summed E-state index contributed by atoms with van der Waals surface area (Å²) in [6, 6.07) is 80.7. The summed E-state index contributed by atoms with van der Waals surface area (Å²) >= 11 is 0. The zero-order valence-electron chi connectivity index (χ0n) is 31.7. The Labute approximate surface area is 337 Å². The number of rotatable bonds is 7. The molecule has 0 unspecified atom stereocenters. The Balaban J connectivity index is 1.24. The molecule has 0 saturated carbocycles. The lowest BCUT2D eigenvalue weighted by Crippen LogP contribution is -2.13. The average molecular weight is 740 g/mol. The van der Waals surface area contributed by atoms with E-state index in [1.807, 2.05) is 0 Å². The van der Waals surface area contributed by atoms with Crippen LogP contribution in [0.4, 0.5) is 17.1 Å². The predicted molar refractivity (Wildman–Crippen MR) is 245 cm³/mol. The summed E-state index contributed by atoms with van der Waals surface area (Å²) in [6.07, 6.45) is 0. The number of hydrogen-bond acceptors (Lipinski definition) is 2. The molecule has 272 valence electrons. The molecule has 0 N–H and O–H groups in total. The first kappa shape index (κ1) is 33.6. The predicted octanol–water partition coefficient (Wildman–Crippen LogP) is 16.0. The van der Waals surface area contributed by atoms with Crippen LogP contribution in [0.3, 0.4) is 0 Å². The molecule has 0 aliphatic rings. The Morgan fingerprint density at radius 2 is 0.862 bits per heavy atom. The Bertz CT molecular complexity index is 3290. The summed E-state index contributed by atoms with van der Waals surface area (Å²) in [7, 11) is 0. The van der Waals surface area contributed by atoms with Crippen molar-refractivity contribution >= 4 is 60.5 Å². The van der Waals surface area contributed by atoms with Crippen LogP contribution >= 0.6 is 0 Å². The molecule has 0 amide bonds. The van der Waals surface area contributed by atoms with Crippen LogP contribution in [0.15, 0.2) is 229 Å². The van der Waals surface area contributed by atoms with E-state index in [1.165, 1.54) is 38.2 Å². The van der Waals surface area contributed by atoms with Crippen molar-refractivity contribution in [3.63, 3.8) is 0 Å². The highest BCUT2D eigenvalue weighted by molar-refractivity contribution is 6.19. The highest BCUT2D eigenvalue weighted by atomic mass is 16.3. The number of fused-ring (bicyclic) bond motifs is 6. The van der Waals surface area contributed by atoms with Gasteiger partial charge in [0.1, 0.15) is 11.2 Å². The third-order valence-electron chi connectivity index (χ3n) is 11.5. The van der Waals surface area contributed by atoms with Crippen molar-refractivity contribution in [3.8, 4) is 44.5 Å². The van der Waals surface area contributed by atoms with Gasteiger partial charge in [-0.25, -0.2) is 0 Å². The molecule has 0 bridgehead atoms. The van der Waals surface area contributed by atoms with Gasteiger partial charge in [0.05, 0.1) is 22.4 Å². The first-order valence-electron chi connectivity index (χ1n) is 19.8. The van der Waals surface area contributed by atoms with Crippen molar-refractivity contribution < 1.29 is 4.42 Å². The quantitative estimate of drug-likeness (QED) is 0.151. The molecule has 1 heterocycles. The van der Waals surface area contributed by atoms with Gasteiger partial charge in [-0.2, -0.15) is 0 Å². The lowest BCUT2D eigenvalue weighted by Gasteiger charge is -2.31. The molecule has 0 radical (unpaired) electrons. The van der Waals surface area contributed by atoms with E-state index in [0.717, 1.165) is 66.8 Å². The number of anilines is 3. The molecule has 0 aliphatic carbocycles. The van der Waals surface area contributed by atoms with Crippen LogP contribution in [-0.2, 0) is 0 Å². The van der Waals surface area contributed by atoms with Crippen LogP contribution in [0.25, 0.3) is 88.0 Å². The molecular formula is C56H37NO. The largest absolute Gasteiger partial charge is 0.455 e. The third kappa shape index (κ3) is 5.66. The zero-order chi connectivity index (χ0) is 38.4. The van der Waals surface area contributed by atoms with E-state index in [0.29, 0.717) is 0 Å². The Hall–Kier alpha value is -7.68. The molecule has 11 rings (SSSR count). The number of nitrogens with zero attached hydrogens (tertiary/aromatic N) is 1. The second-order valence-corrected chi connectivity index (χ2v) is 14.8. The standard InChI is InChI=1S/C56H37NO/c1-3-18-38(19-4-1)40-23-17-24-41(36-40)44-26-11-14-31-51(44)57(53-35-34-45(39-20-5-2-6-21-39)56-55(53)49-30-13-16-33-54(49)58-56)52-32-15-12-29-48(52)50-37-42-22-7-8-25-43(42)46-27-9-10-28-47(46)50/h1-37H.